The molecule has 0 saturated carbocycles. The summed E-state index contributed by atoms with van der Waals surface area (Å²) in [5, 5.41) is 0. The highest BCUT2D eigenvalue weighted by Gasteiger charge is 2.24. The molecule has 0 radical (unpaired) electrons. The SMILES string of the molecule is CCc1ccc(C(C)(C)C2=CCCC=C2)cc1. The number of aryl methyl sites for hydroxylation is 1. The van der Waals surface area contributed by atoms with Crippen LogP contribution in [0, 0.1) is 0 Å². The molecule has 0 spiro atoms. The summed E-state index contributed by atoms with van der Waals surface area (Å²) in [7, 11) is 0. The van der Waals surface area contributed by atoms with Crippen molar-refractivity contribution in [1.82, 2.24) is 0 Å². The summed E-state index contributed by atoms with van der Waals surface area (Å²) in [5.41, 5.74) is 4.40. The second-order valence-electron chi connectivity index (χ2n) is 5.31. The molecule has 1 aliphatic rings. The van der Waals surface area contributed by atoms with E-state index in [4.69, 9.17) is 0 Å². The van der Waals surface area contributed by atoms with Gasteiger partial charge in [-0.25, -0.2) is 0 Å². The van der Waals surface area contributed by atoms with Crippen LogP contribution in [0.25, 0.3) is 0 Å². The van der Waals surface area contributed by atoms with E-state index in [0.717, 1.165) is 6.42 Å². The second-order valence-corrected chi connectivity index (χ2v) is 5.31. The first-order chi connectivity index (χ1) is 8.14. The van der Waals surface area contributed by atoms with Crippen LogP contribution in [0.5, 0.6) is 0 Å². The van der Waals surface area contributed by atoms with Crippen molar-refractivity contribution in [2.24, 2.45) is 0 Å². The van der Waals surface area contributed by atoms with Crippen molar-refractivity contribution in [3.63, 3.8) is 0 Å². The topological polar surface area (TPSA) is 0 Å². The van der Waals surface area contributed by atoms with E-state index in [2.05, 4.69) is 63.3 Å². The van der Waals surface area contributed by atoms with E-state index >= 15 is 0 Å². The monoisotopic (exact) mass is 226 g/mol. The molecule has 0 saturated heterocycles. The molecule has 2 rings (SSSR count). The van der Waals surface area contributed by atoms with Gasteiger partial charge >= 0.3 is 0 Å². The zero-order valence-electron chi connectivity index (χ0n) is 11.2. The minimum absolute atomic E-state index is 0.128. The van der Waals surface area contributed by atoms with E-state index < -0.39 is 0 Å². The Morgan fingerprint density at radius 3 is 2.29 bits per heavy atom. The summed E-state index contributed by atoms with van der Waals surface area (Å²) in [6, 6.07) is 9.07. The lowest BCUT2D eigenvalue weighted by Gasteiger charge is -2.28. The largest absolute Gasteiger partial charge is 0.0839 e. The quantitative estimate of drug-likeness (QED) is 0.694. The van der Waals surface area contributed by atoms with Gasteiger partial charge in [-0.2, -0.15) is 0 Å². The molecule has 0 unspecified atom stereocenters. The Kier molecular flexibility index (Phi) is 3.51. The number of hydrogen-bond acceptors (Lipinski definition) is 0. The van der Waals surface area contributed by atoms with Gasteiger partial charge in [0.05, 0.1) is 0 Å². The van der Waals surface area contributed by atoms with Crippen LogP contribution in [0.4, 0.5) is 0 Å². The fourth-order valence-electron chi connectivity index (χ4n) is 2.40. The predicted molar refractivity (Wildman–Crippen MR) is 75.3 cm³/mol. The van der Waals surface area contributed by atoms with Gasteiger partial charge in [-0.1, -0.05) is 63.3 Å². The predicted octanol–water partition coefficient (Wildman–Crippen LogP) is 4.80. The van der Waals surface area contributed by atoms with Crippen LogP contribution < -0.4 is 0 Å². The third kappa shape index (κ3) is 2.52. The molecular weight excluding hydrogens is 204 g/mol. The zero-order chi connectivity index (χ0) is 12.3. The van der Waals surface area contributed by atoms with Crippen molar-refractivity contribution < 1.29 is 0 Å². The maximum Gasteiger partial charge on any atom is 0.0143 e. The molecule has 0 fully saturated rings. The van der Waals surface area contributed by atoms with Crippen molar-refractivity contribution in [1.29, 1.82) is 0 Å². The number of benzene rings is 1. The Hall–Kier alpha value is -1.30. The van der Waals surface area contributed by atoms with Crippen molar-refractivity contribution in [3.8, 4) is 0 Å². The molecule has 0 amide bonds. The minimum atomic E-state index is 0.128. The molecule has 0 N–H and O–H groups in total. The highest BCUT2D eigenvalue weighted by molar-refractivity contribution is 5.42. The first kappa shape index (κ1) is 12.2. The third-order valence-corrected chi connectivity index (χ3v) is 3.80. The van der Waals surface area contributed by atoms with Crippen LogP contribution in [0.3, 0.4) is 0 Å². The summed E-state index contributed by atoms with van der Waals surface area (Å²) in [6.07, 6.45) is 10.4. The van der Waals surface area contributed by atoms with Gasteiger partial charge in [-0.3, -0.25) is 0 Å². The molecule has 0 atom stereocenters. The van der Waals surface area contributed by atoms with E-state index in [0.29, 0.717) is 0 Å². The summed E-state index contributed by atoms with van der Waals surface area (Å²) >= 11 is 0. The van der Waals surface area contributed by atoms with Gasteiger partial charge in [0.2, 0.25) is 0 Å². The van der Waals surface area contributed by atoms with E-state index in [1.807, 2.05) is 0 Å². The molecule has 90 valence electrons. The van der Waals surface area contributed by atoms with Crippen LogP contribution in [0.15, 0.2) is 48.1 Å². The van der Waals surface area contributed by atoms with Gasteiger partial charge in [0.25, 0.3) is 0 Å². The molecule has 0 aromatic heterocycles. The normalized spacial score (nSPS) is 15.8. The van der Waals surface area contributed by atoms with E-state index in [1.165, 1.54) is 29.5 Å². The Morgan fingerprint density at radius 2 is 1.76 bits per heavy atom. The summed E-state index contributed by atoms with van der Waals surface area (Å²) in [5.74, 6) is 0. The lowest BCUT2D eigenvalue weighted by Crippen LogP contribution is -2.20. The van der Waals surface area contributed by atoms with E-state index in [1.54, 1.807) is 0 Å². The summed E-state index contributed by atoms with van der Waals surface area (Å²) in [6.45, 7) is 6.83. The van der Waals surface area contributed by atoms with Gasteiger partial charge < -0.3 is 0 Å². The van der Waals surface area contributed by atoms with E-state index in [9.17, 15) is 0 Å². The first-order valence-corrected chi connectivity index (χ1v) is 6.61. The van der Waals surface area contributed by atoms with Crippen LogP contribution in [0.2, 0.25) is 0 Å². The smallest absolute Gasteiger partial charge is 0.0143 e. The van der Waals surface area contributed by atoms with Crippen LogP contribution in [-0.2, 0) is 11.8 Å². The Bertz CT molecular complexity index is 430. The van der Waals surface area contributed by atoms with Crippen LogP contribution in [0.1, 0.15) is 44.7 Å². The Balaban J connectivity index is 2.30. The molecule has 17 heavy (non-hydrogen) atoms. The van der Waals surface area contributed by atoms with Gasteiger partial charge in [-0.05, 0) is 36.0 Å². The maximum atomic E-state index is 2.38. The molecular formula is C17H22. The number of rotatable bonds is 3. The second kappa shape index (κ2) is 4.91. The number of hydrogen-bond donors (Lipinski definition) is 0. The lowest BCUT2D eigenvalue weighted by atomic mass is 9.76. The van der Waals surface area contributed by atoms with Crippen molar-refractivity contribution in [2.45, 2.75) is 45.4 Å². The summed E-state index contributed by atoms with van der Waals surface area (Å²) in [4.78, 5) is 0. The van der Waals surface area contributed by atoms with E-state index in [-0.39, 0.29) is 5.41 Å². The van der Waals surface area contributed by atoms with Gasteiger partial charge in [0.15, 0.2) is 0 Å². The first-order valence-electron chi connectivity index (χ1n) is 6.61. The number of allylic oxidation sites excluding steroid dienone is 4. The summed E-state index contributed by atoms with van der Waals surface area (Å²) < 4.78 is 0. The van der Waals surface area contributed by atoms with Crippen molar-refractivity contribution >= 4 is 0 Å². The molecule has 0 aliphatic heterocycles. The van der Waals surface area contributed by atoms with Gasteiger partial charge in [0.1, 0.15) is 0 Å². The highest BCUT2D eigenvalue weighted by atomic mass is 14.3. The standard InChI is InChI=1S/C17H22/c1-4-14-10-12-16(13-11-14)17(2,3)15-8-6-5-7-9-15/h6,8-13H,4-5,7H2,1-3H3. The maximum absolute atomic E-state index is 2.38. The average Bonchev–Trinajstić information content (AvgIpc) is 2.40. The van der Waals surface area contributed by atoms with Gasteiger partial charge in [-0.15, -0.1) is 0 Å². The molecule has 0 heteroatoms. The zero-order valence-corrected chi connectivity index (χ0v) is 11.2. The fourth-order valence-corrected chi connectivity index (χ4v) is 2.40. The molecule has 0 heterocycles. The molecule has 1 aromatic carbocycles. The van der Waals surface area contributed by atoms with Gasteiger partial charge in [0, 0.05) is 5.41 Å². The van der Waals surface area contributed by atoms with Crippen molar-refractivity contribution in [2.75, 3.05) is 0 Å². The van der Waals surface area contributed by atoms with Crippen LogP contribution >= 0.6 is 0 Å². The van der Waals surface area contributed by atoms with Crippen molar-refractivity contribution in [3.05, 3.63) is 59.2 Å². The molecule has 0 bridgehead atoms. The average molecular weight is 226 g/mol. The molecule has 1 aromatic rings. The minimum Gasteiger partial charge on any atom is -0.0839 e. The van der Waals surface area contributed by atoms with Crippen LogP contribution in [-0.4, -0.2) is 0 Å². The highest BCUT2D eigenvalue weighted by Crippen LogP contribution is 2.34. The molecule has 0 nitrogen and oxygen atoms in total. The third-order valence-electron chi connectivity index (χ3n) is 3.80. The Labute approximate surface area is 105 Å². The lowest BCUT2D eigenvalue weighted by molar-refractivity contribution is 0.631. The fraction of sp³-hybridized carbons (Fsp3) is 0.412. The molecule has 1 aliphatic carbocycles. The Morgan fingerprint density at radius 1 is 1.06 bits per heavy atom.